The monoisotopic (exact) mass is 418 g/mol. The first-order chi connectivity index (χ1) is 15.1. The van der Waals surface area contributed by atoms with Gasteiger partial charge in [0.05, 0.1) is 24.0 Å². The van der Waals surface area contributed by atoms with Crippen molar-refractivity contribution in [1.82, 2.24) is 29.2 Å². The van der Waals surface area contributed by atoms with Gasteiger partial charge in [0.25, 0.3) is 5.56 Å². The van der Waals surface area contributed by atoms with Crippen molar-refractivity contribution < 1.29 is 9.18 Å². The van der Waals surface area contributed by atoms with Crippen LogP contribution in [-0.4, -0.2) is 48.2 Å². The lowest BCUT2D eigenvalue weighted by Gasteiger charge is -2.39. The van der Waals surface area contributed by atoms with Gasteiger partial charge >= 0.3 is 0 Å². The number of fused-ring (bicyclic) bond motifs is 1. The van der Waals surface area contributed by atoms with Gasteiger partial charge in [0, 0.05) is 48.2 Å². The number of benzene rings is 1. The number of carbonyl (C=O) groups is 1. The Hall–Kier alpha value is -3.75. The predicted octanol–water partition coefficient (Wildman–Crippen LogP) is 2.51. The first kappa shape index (κ1) is 18.1. The smallest absolute Gasteiger partial charge is 0.260 e. The normalized spacial score (nSPS) is 16.6. The molecule has 156 valence electrons. The summed E-state index contributed by atoms with van der Waals surface area (Å²) in [5, 5.41) is 4.90. The predicted molar refractivity (Wildman–Crippen MR) is 111 cm³/mol. The van der Waals surface area contributed by atoms with Crippen LogP contribution >= 0.6 is 0 Å². The zero-order valence-electron chi connectivity index (χ0n) is 16.5. The molecule has 6 rings (SSSR count). The van der Waals surface area contributed by atoms with Gasteiger partial charge in [-0.05, 0) is 31.0 Å². The molecule has 4 aromatic rings. The fourth-order valence-electron chi connectivity index (χ4n) is 4.18. The van der Waals surface area contributed by atoms with Gasteiger partial charge in [-0.2, -0.15) is 5.10 Å². The van der Waals surface area contributed by atoms with Crippen LogP contribution in [0, 0.1) is 11.7 Å². The number of aromatic amines is 1. The van der Waals surface area contributed by atoms with Crippen LogP contribution in [0.5, 0.6) is 0 Å². The first-order valence-corrected chi connectivity index (χ1v) is 10.3. The molecule has 31 heavy (non-hydrogen) atoms. The SMILES string of the molecule is O=C(C1CC1)N1CC(n2cc(-c3cn(-c4cccc(F)c4)c4nc[nH]c(=O)c34)cn2)C1. The van der Waals surface area contributed by atoms with E-state index in [0.717, 1.165) is 18.4 Å². The van der Waals surface area contributed by atoms with Gasteiger partial charge in [0.1, 0.15) is 5.82 Å². The van der Waals surface area contributed by atoms with Crippen LogP contribution in [0.15, 0.2) is 54.0 Å². The number of amides is 1. The summed E-state index contributed by atoms with van der Waals surface area (Å²) in [5.41, 5.74) is 2.19. The number of rotatable bonds is 4. The summed E-state index contributed by atoms with van der Waals surface area (Å²) in [6.07, 6.45) is 8.73. The number of likely N-dealkylation sites (tertiary alicyclic amines) is 1. The van der Waals surface area contributed by atoms with E-state index in [4.69, 9.17) is 0 Å². The summed E-state index contributed by atoms with van der Waals surface area (Å²) in [7, 11) is 0. The van der Waals surface area contributed by atoms with Gasteiger partial charge < -0.3 is 14.5 Å². The van der Waals surface area contributed by atoms with Crippen LogP contribution < -0.4 is 5.56 Å². The van der Waals surface area contributed by atoms with Crippen molar-refractivity contribution in [1.29, 1.82) is 0 Å². The van der Waals surface area contributed by atoms with Crippen molar-refractivity contribution in [2.75, 3.05) is 13.1 Å². The number of hydrogen-bond acceptors (Lipinski definition) is 4. The van der Waals surface area contributed by atoms with E-state index < -0.39 is 0 Å². The Kier molecular flexibility index (Phi) is 3.86. The number of nitrogens with one attached hydrogen (secondary N) is 1. The molecule has 0 atom stereocenters. The minimum absolute atomic E-state index is 0.129. The van der Waals surface area contributed by atoms with Crippen molar-refractivity contribution in [3.63, 3.8) is 0 Å². The number of hydrogen-bond donors (Lipinski definition) is 1. The maximum absolute atomic E-state index is 13.8. The standard InChI is InChI=1S/C22H19FN6O2/c23-15-2-1-3-16(6-15)28-11-18(19-20(28)24-12-25-21(19)30)14-7-26-29(8-14)17-9-27(10-17)22(31)13-4-5-13/h1-3,6-8,11-13,17H,4-5,9-10H2,(H,24,25,30). The summed E-state index contributed by atoms with van der Waals surface area (Å²) in [4.78, 5) is 33.6. The molecule has 1 saturated carbocycles. The van der Waals surface area contributed by atoms with Crippen LogP contribution in [0.4, 0.5) is 4.39 Å². The third-order valence-corrected chi connectivity index (χ3v) is 6.06. The van der Waals surface area contributed by atoms with Crippen LogP contribution in [0.25, 0.3) is 27.8 Å². The Morgan fingerprint density at radius 3 is 2.81 bits per heavy atom. The lowest BCUT2D eigenvalue weighted by molar-refractivity contribution is -0.138. The third kappa shape index (κ3) is 2.96. The molecule has 3 aromatic heterocycles. The highest BCUT2D eigenvalue weighted by molar-refractivity contribution is 5.94. The van der Waals surface area contributed by atoms with E-state index in [1.165, 1.54) is 18.5 Å². The van der Waals surface area contributed by atoms with Crippen molar-refractivity contribution in [3.8, 4) is 16.8 Å². The van der Waals surface area contributed by atoms with Gasteiger partial charge in [-0.25, -0.2) is 9.37 Å². The fraction of sp³-hybridized carbons (Fsp3) is 0.273. The molecule has 0 radical (unpaired) electrons. The first-order valence-electron chi connectivity index (χ1n) is 10.3. The molecule has 1 aliphatic carbocycles. The van der Waals surface area contributed by atoms with E-state index >= 15 is 0 Å². The number of halogens is 1. The van der Waals surface area contributed by atoms with Gasteiger partial charge in [0.15, 0.2) is 5.65 Å². The Labute approximate surface area is 175 Å². The highest BCUT2D eigenvalue weighted by atomic mass is 19.1. The Bertz CT molecular complexity index is 1380. The summed E-state index contributed by atoms with van der Waals surface area (Å²) in [6.45, 7) is 1.31. The number of H-pyrrole nitrogens is 1. The molecule has 1 aromatic carbocycles. The fourth-order valence-corrected chi connectivity index (χ4v) is 4.18. The molecule has 1 aliphatic heterocycles. The lowest BCUT2D eigenvalue weighted by Crippen LogP contribution is -2.51. The molecule has 0 unspecified atom stereocenters. The van der Waals surface area contributed by atoms with E-state index in [0.29, 0.717) is 35.4 Å². The topological polar surface area (TPSA) is 88.8 Å². The molecule has 2 aliphatic rings. The Morgan fingerprint density at radius 2 is 2.03 bits per heavy atom. The molecule has 8 nitrogen and oxygen atoms in total. The second-order valence-electron chi connectivity index (χ2n) is 8.20. The number of nitrogens with zero attached hydrogens (tertiary/aromatic N) is 5. The third-order valence-electron chi connectivity index (χ3n) is 6.06. The van der Waals surface area contributed by atoms with Gasteiger partial charge in [0.2, 0.25) is 5.91 Å². The zero-order valence-corrected chi connectivity index (χ0v) is 16.5. The summed E-state index contributed by atoms with van der Waals surface area (Å²) >= 11 is 0. The minimum Gasteiger partial charge on any atom is -0.338 e. The van der Waals surface area contributed by atoms with Crippen LogP contribution in [0.3, 0.4) is 0 Å². The van der Waals surface area contributed by atoms with Crippen molar-refractivity contribution in [2.24, 2.45) is 5.92 Å². The van der Waals surface area contributed by atoms with Crippen molar-refractivity contribution >= 4 is 16.9 Å². The van der Waals surface area contributed by atoms with E-state index in [-0.39, 0.29) is 29.2 Å². The van der Waals surface area contributed by atoms with Crippen molar-refractivity contribution in [3.05, 3.63) is 65.4 Å². The lowest BCUT2D eigenvalue weighted by atomic mass is 10.1. The van der Waals surface area contributed by atoms with Crippen LogP contribution in [0.2, 0.25) is 0 Å². The average Bonchev–Trinajstić information content (AvgIpc) is 3.34. The maximum atomic E-state index is 13.8. The highest BCUT2D eigenvalue weighted by Crippen LogP contribution is 2.35. The molecule has 1 saturated heterocycles. The van der Waals surface area contributed by atoms with Gasteiger partial charge in [-0.15, -0.1) is 0 Å². The molecule has 9 heteroatoms. The number of carbonyl (C=O) groups excluding carboxylic acids is 1. The highest BCUT2D eigenvalue weighted by Gasteiger charge is 2.40. The van der Waals surface area contributed by atoms with Crippen LogP contribution in [0.1, 0.15) is 18.9 Å². The maximum Gasteiger partial charge on any atom is 0.260 e. The molecular formula is C22H19FN6O2. The molecule has 2 fully saturated rings. The second kappa shape index (κ2) is 6.63. The molecular weight excluding hydrogens is 399 g/mol. The Balaban J connectivity index is 1.36. The van der Waals surface area contributed by atoms with E-state index in [9.17, 15) is 14.0 Å². The molecule has 4 heterocycles. The van der Waals surface area contributed by atoms with Gasteiger partial charge in [-0.1, -0.05) is 6.07 Å². The van der Waals surface area contributed by atoms with E-state index in [2.05, 4.69) is 15.1 Å². The average molecular weight is 418 g/mol. The zero-order chi connectivity index (χ0) is 21.1. The second-order valence-corrected chi connectivity index (χ2v) is 8.20. The molecule has 1 N–H and O–H groups in total. The summed E-state index contributed by atoms with van der Waals surface area (Å²) in [5.74, 6) is 0.107. The Morgan fingerprint density at radius 1 is 1.19 bits per heavy atom. The van der Waals surface area contributed by atoms with E-state index in [1.807, 2.05) is 15.8 Å². The van der Waals surface area contributed by atoms with E-state index in [1.54, 1.807) is 29.1 Å². The minimum atomic E-state index is -0.367. The largest absolute Gasteiger partial charge is 0.338 e. The van der Waals surface area contributed by atoms with Gasteiger partial charge in [-0.3, -0.25) is 14.3 Å². The number of aromatic nitrogens is 5. The quantitative estimate of drug-likeness (QED) is 0.552. The summed E-state index contributed by atoms with van der Waals surface area (Å²) < 4.78 is 17.4. The molecule has 0 bridgehead atoms. The van der Waals surface area contributed by atoms with Crippen molar-refractivity contribution in [2.45, 2.75) is 18.9 Å². The molecule has 1 amide bonds. The molecule has 0 spiro atoms. The summed E-state index contributed by atoms with van der Waals surface area (Å²) in [6, 6.07) is 6.28. The van der Waals surface area contributed by atoms with Crippen LogP contribution in [-0.2, 0) is 4.79 Å².